The second kappa shape index (κ2) is 8.02. The standard InChI is InChI=1S/C30H25N2Si/c1-3-22-13-12-20-26-25-18-10-11-19-27(25)29-31-21(2)30(32(29)28(22)26)33(23-14-6-4-7-15-23)24-16-8-5-9-17-24/h4-20H,3H2,1-2H3. The fourth-order valence-electron chi connectivity index (χ4n) is 5.14. The molecule has 0 saturated heterocycles. The van der Waals surface area contributed by atoms with Gasteiger partial charge in [0.2, 0.25) is 0 Å². The molecule has 0 aliphatic rings. The number of pyridine rings is 1. The van der Waals surface area contributed by atoms with Gasteiger partial charge in [0, 0.05) is 16.1 Å². The lowest BCUT2D eigenvalue weighted by atomic mass is 10.0. The number of hydrogen-bond donors (Lipinski definition) is 0. The summed E-state index contributed by atoms with van der Waals surface area (Å²) in [5.74, 6) is 0. The first-order valence-corrected chi connectivity index (χ1v) is 13.1. The number of hydrogen-bond acceptors (Lipinski definition) is 1. The molecule has 0 bridgehead atoms. The monoisotopic (exact) mass is 441 g/mol. The minimum Gasteiger partial charge on any atom is -0.299 e. The molecule has 1 radical (unpaired) electrons. The fourth-order valence-corrected chi connectivity index (χ4v) is 7.93. The fraction of sp³-hybridized carbons (Fsp3) is 0.100. The van der Waals surface area contributed by atoms with Gasteiger partial charge in [0.25, 0.3) is 0 Å². The van der Waals surface area contributed by atoms with Crippen LogP contribution in [0.15, 0.2) is 103 Å². The number of fused-ring (bicyclic) bond motifs is 6. The third kappa shape index (κ3) is 3.11. The molecule has 0 unspecified atom stereocenters. The van der Waals surface area contributed by atoms with Crippen LogP contribution in [0.4, 0.5) is 0 Å². The number of para-hydroxylation sites is 1. The lowest BCUT2D eigenvalue weighted by molar-refractivity contribution is 1.13. The molecule has 0 saturated carbocycles. The van der Waals surface area contributed by atoms with Crippen molar-refractivity contribution in [2.45, 2.75) is 20.3 Å². The van der Waals surface area contributed by atoms with Gasteiger partial charge in [-0.05, 0) is 34.7 Å². The summed E-state index contributed by atoms with van der Waals surface area (Å²) >= 11 is 0. The van der Waals surface area contributed by atoms with E-state index in [9.17, 15) is 0 Å². The quantitative estimate of drug-likeness (QED) is 0.277. The molecule has 2 aromatic heterocycles. The van der Waals surface area contributed by atoms with Crippen molar-refractivity contribution in [1.82, 2.24) is 9.38 Å². The molecule has 6 rings (SSSR count). The normalized spacial score (nSPS) is 11.7. The number of benzene rings is 4. The Labute approximate surface area is 195 Å². The zero-order valence-corrected chi connectivity index (χ0v) is 19.9. The van der Waals surface area contributed by atoms with Crippen LogP contribution in [0.1, 0.15) is 18.2 Å². The molecule has 33 heavy (non-hydrogen) atoms. The Kier molecular flexibility index (Phi) is 4.85. The largest absolute Gasteiger partial charge is 0.299 e. The van der Waals surface area contributed by atoms with Crippen molar-refractivity contribution in [2.24, 2.45) is 0 Å². The summed E-state index contributed by atoms with van der Waals surface area (Å²) in [6.07, 6.45) is 0.986. The second-order valence-corrected chi connectivity index (χ2v) is 10.9. The molecular weight excluding hydrogens is 416 g/mol. The van der Waals surface area contributed by atoms with Crippen molar-refractivity contribution < 1.29 is 0 Å². The van der Waals surface area contributed by atoms with E-state index in [0.29, 0.717) is 0 Å². The molecule has 2 nitrogen and oxygen atoms in total. The van der Waals surface area contributed by atoms with Gasteiger partial charge in [-0.3, -0.25) is 4.40 Å². The molecule has 6 aromatic rings. The maximum absolute atomic E-state index is 5.23. The highest BCUT2D eigenvalue weighted by molar-refractivity contribution is 6.95. The van der Waals surface area contributed by atoms with E-state index in [2.05, 4.69) is 121 Å². The molecule has 0 N–H and O–H groups in total. The van der Waals surface area contributed by atoms with Crippen molar-refractivity contribution in [1.29, 1.82) is 0 Å². The van der Waals surface area contributed by atoms with Crippen molar-refractivity contribution in [3.05, 3.63) is 114 Å². The summed E-state index contributed by atoms with van der Waals surface area (Å²) in [4.78, 5) is 5.23. The summed E-state index contributed by atoms with van der Waals surface area (Å²) < 4.78 is 2.50. The predicted octanol–water partition coefficient (Wildman–Crippen LogP) is 5.03. The van der Waals surface area contributed by atoms with Crippen LogP contribution in [0.5, 0.6) is 0 Å². The summed E-state index contributed by atoms with van der Waals surface area (Å²) in [5.41, 5.74) is 4.86. The maximum Gasteiger partial charge on any atom is 0.179 e. The van der Waals surface area contributed by atoms with E-state index < -0.39 is 8.80 Å². The van der Waals surface area contributed by atoms with Gasteiger partial charge >= 0.3 is 0 Å². The van der Waals surface area contributed by atoms with Crippen LogP contribution >= 0.6 is 0 Å². The van der Waals surface area contributed by atoms with E-state index in [4.69, 9.17) is 4.98 Å². The molecule has 2 heterocycles. The van der Waals surface area contributed by atoms with E-state index in [1.54, 1.807) is 0 Å². The smallest absolute Gasteiger partial charge is 0.179 e. The first kappa shape index (κ1) is 20.0. The van der Waals surface area contributed by atoms with E-state index in [1.807, 2.05) is 0 Å². The van der Waals surface area contributed by atoms with Crippen molar-refractivity contribution in [3.63, 3.8) is 0 Å². The van der Waals surface area contributed by atoms with Gasteiger partial charge in [-0.25, -0.2) is 4.98 Å². The Morgan fingerprint density at radius 3 is 1.88 bits per heavy atom. The molecule has 4 aromatic carbocycles. The van der Waals surface area contributed by atoms with Crippen LogP contribution in [0.2, 0.25) is 0 Å². The Morgan fingerprint density at radius 2 is 1.24 bits per heavy atom. The number of aryl methyl sites for hydroxylation is 2. The topological polar surface area (TPSA) is 17.3 Å². The summed E-state index contributed by atoms with van der Waals surface area (Å²) in [6.45, 7) is 4.44. The number of rotatable bonds is 4. The first-order valence-electron chi connectivity index (χ1n) is 11.6. The average Bonchev–Trinajstić information content (AvgIpc) is 3.22. The third-order valence-electron chi connectivity index (χ3n) is 6.60. The zero-order chi connectivity index (χ0) is 22.4. The Bertz CT molecular complexity index is 1560. The predicted molar refractivity (Wildman–Crippen MR) is 142 cm³/mol. The maximum atomic E-state index is 5.23. The molecule has 0 atom stereocenters. The minimum absolute atomic E-state index is 0.986. The Hall–Kier alpha value is -3.69. The highest BCUT2D eigenvalue weighted by Crippen LogP contribution is 2.31. The van der Waals surface area contributed by atoms with Crippen LogP contribution < -0.4 is 15.7 Å². The van der Waals surface area contributed by atoms with Crippen LogP contribution in [0, 0.1) is 6.92 Å². The first-order chi connectivity index (χ1) is 16.3. The third-order valence-corrected chi connectivity index (χ3v) is 9.48. The SMILES string of the molecule is CCc1cccc2c3ccccc3c3nc(C)c([Si](c4ccccc4)c4ccccc4)n3c12. The van der Waals surface area contributed by atoms with Crippen molar-refractivity contribution in [3.8, 4) is 0 Å². The number of nitrogens with zero attached hydrogens (tertiary/aromatic N) is 2. The molecule has 159 valence electrons. The van der Waals surface area contributed by atoms with Crippen molar-refractivity contribution >= 4 is 51.8 Å². The lowest BCUT2D eigenvalue weighted by Gasteiger charge is -2.20. The lowest BCUT2D eigenvalue weighted by Crippen LogP contribution is -2.54. The Morgan fingerprint density at radius 1 is 0.667 bits per heavy atom. The zero-order valence-electron chi connectivity index (χ0n) is 18.9. The van der Waals surface area contributed by atoms with Gasteiger partial charge in [-0.1, -0.05) is 110 Å². The molecule has 0 fully saturated rings. The van der Waals surface area contributed by atoms with E-state index in [1.165, 1.54) is 42.9 Å². The van der Waals surface area contributed by atoms with E-state index in [0.717, 1.165) is 17.8 Å². The summed E-state index contributed by atoms with van der Waals surface area (Å²) in [5, 5.41) is 7.92. The van der Waals surface area contributed by atoms with Crippen molar-refractivity contribution in [2.75, 3.05) is 0 Å². The molecule has 0 aliphatic heterocycles. The molecule has 0 amide bonds. The van der Waals surface area contributed by atoms with Gasteiger partial charge in [0.1, 0.15) is 5.65 Å². The van der Waals surface area contributed by atoms with Gasteiger partial charge in [-0.15, -0.1) is 0 Å². The highest BCUT2D eigenvalue weighted by Gasteiger charge is 2.28. The van der Waals surface area contributed by atoms with Gasteiger partial charge in [0.05, 0.1) is 11.2 Å². The van der Waals surface area contributed by atoms with Gasteiger partial charge in [0.15, 0.2) is 8.80 Å². The second-order valence-electron chi connectivity index (χ2n) is 8.52. The van der Waals surface area contributed by atoms with E-state index >= 15 is 0 Å². The molecular formula is C30H25N2Si. The van der Waals surface area contributed by atoms with Crippen LogP contribution in [-0.4, -0.2) is 18.2 Å². The van der Waals surface area contributed by atoms with E-state index in [-0.39, 0.29) is 0 Å². The highest BCUT2D eigenvalue weighted by atomic mass is 28.3. The summed E-state index contributed by atoms with van der Waals surface area (Å²) in [6, 6.07) is 37.4. The van der Waals surface area contributed by atoms with Crippen LogP contribution in [0.3, 0.4) is 0 Å². The molecule has 0 aliphatic carbocycles. The average molecular weight is 442 g/mol. The number of aromatic nitrogens is 2. The van der Waals surface area contributed by atoms with Gasteiger partial charge < -0.3 is 0 Å². The minimum atomic E-state index is -1.27. The molecule has 3 heteroatoms. The molecule has 0 spiro atoms. The Balaban J connectivity index is 1.83. The van der Waals surface area contributed by atoms with Crippen LogP contribution in [-0.2, 0) is 6.42 Å². The summed E-state index contributed by atoms with van der Waals surface area (Å²) in [7, 11) is -1.27. The van der Waals surface area contributed by atoms with Gasteiger partial charge in [-0.2, -0.15) is 0 Å². The number of imidazole rings is 1. The van der Waals surface area contributed by atoms with Crippen LogP contribution in [0.25, 0.3) is 27.3 Å².